The standard InChI is InChI=1S/C26H31BrN2O5/c1-18(2)17-34-23-11-10-20(15-21(23)27)26(32)29-13-12-28-25(31)22(29)16-24(30)33-14-6-9-19-7-4-3-5-8-19/h3-5,7-8,10-11,15,18,22H,6,9,12-14,16-17H2,1-2H3,(H,28,31). The average molecular weight is 531 g/mol. The van der Waals surface area contributed by atoms with Crippen LogP contribution in [0.5, 0.6) is 5.75 Å². The van der Waals surface area contributed by atoms with E-state index in [0.717, 1.165) is 6.42 Å². The van der Waals surface area contributed by atoms with E-state index in [0.29, 0.717) is 47.8 Å². The molecular weight excluding hydrogens is 500 g/mol. The molecule has 1 heterocycles. The van der Waals surface area contributed by atoms with Crippen LogP contribution in [0.2, 0.25) is 0 Å². The fraction of sp³-hybridized carbons (Fsp3) is 0.423. The first-order chi connectivity index (χ1) is 16.3. The van der Waals surface area contributed by atoms with Crippen molar-refractivity contribution in [2.45, 2.75) is 39.2 Å². The molecule has 0 radical (unpaired) electrons. The quantitative estimate of drug-likeness (QED) is 0.370. The maximum Gasteiger partial charge on any atom is 0.308 e. The first-order valence-electron chi connectivity index (χ1n) is 11.6. The molecule has 7 nitrogen and oxygen atoms in total. The Hall–Kier alpha value is -2.87. The van der Waals surface area contributed by atoms with Crippen molar-refractivity contribution in [3.63, 3.8) is 0 Å². The Morgan fingerprint density at radius 2 is 1.94 bits per heavy atom. The molecule has 1 aliphatic rings. The summed E-state index contributed by atoms with van der Waals surface area (Å²) in [7, 11) is 0. The number of piperazine rings is 1. The molecule has 2 aromatic carbocycles. The van der Waals surface area contributed by atoms with Gasteiger partial charge in [-0.25, -0.2) is 0 Å². The third-order valence-corrected chi connectivity index (χ3v) is 6.04. The van der Waals surface area contributed by atoms with Crippen LogP contribution in [0.15, 0.2) is 53.0 Å². The van der Waals surface area contributed by atoms with Gasteiger partial charge in [-0.2, -0.15) is 0 Å². The first kappa shape index (κ1) is 25.7. The Morgan fingerprint density at radius 1 is 1.18 bits per heavy atom. The molecular formula is C26H31BrN2O5. The van der Waals surface area contributed by atoms with Crippen molar-refractivity contribution in [3.05, 3.63) is 64.1 Å². The van der Waals surface area contributed by atoms with Crippen molar-refractivity contribution >= 4 is 33.7 Å². The van der Waals surface area contributed by atoms with Crippen LogP contribution in [-0.2, 0) is 20.7 Å². The molecule has 0 spiro atoms. The molecule has 0 saturated carbocycles. The number of hydrogen-bond acceptors (Lipinski definition) is 5. The lowest BCUT2D eigenvalue weighted by Crippen LogP contribution is -2.57. The Morgan fingerprint density at radius 3 is 2.65 bits per heavy atom. The molecule has 0 bridgehead atoms. The zero-order valence-corrected chi connectivity index (χ0v) is 21.2. The summed E-state index contributed by atoms with van der Waals surface area (Å²) in [6.45, 7) is 5.60. The summed E-state index contributed by atoms with van der Waals surface area (Å²) in [6, 6.07) is 14.1. The predicted octanol–water partition coefficient (Wildman–Crippen LogP) is 3.99. The van der Waals surface area contributed by atoms with E-state index in [1.165, 1.54) is 10.5 Å². The lowest BCUT2D eigenvalue weighted by molar-refractivity contribution is -0.147. The summed E-state index contributed by atoms with van der Waals surface area (Å²) in [5.41, 5.74) is 1.59. The molecule has 1 fully saturated rings. The zero-order chi connectivity index (χ0) is 24.5. The summed E-state index contributed by atoms with van der Waals surface area (Å²) in [5.74, 6) is -0.132. The molecule has 1 N–H and O–H groups in total. The van der Waals surface area contributed by atoms with Crippen LogP contribution in [0.1, 0.15) is 42.6 Å². The maximum atomic E-state index is 13.2. The van der Waals surface area contributed by atoms with Gasteiger partial charge in [0.1, 0.15) is 11.8 Å². The minimum absolute atomic E-state index is 0.181. The summed E-state index contributed by atoms with van der Waals surface area (Å²) in [6.07, 6.45) is 1.31. The van der Waals surface area contributed by atoms with Gasteiger partial charge in [0, 0.05) is 18.7 Å². The van der Waals surface area contributed by atoms with Crippen molar-refractivity contribution in [1.29, 1.82) is 0 Å². The van der Waals surface area contributed by atoms with Crippen LogP contribution in [-0.4, -0.2) is 55.0 Å². The molecule has 2 amide bonds. The third kappa shape index (κ3) is 7.32. The second-order valence-corrected chi connectivity index (χ2v) is 9.52. The first-order valence-corrected chi connectivity index (χ1v) is 12.3. The number of esters is 1. The molecule has 1 saturated heterocycles. The Balaban J connectivity index is 1.58. The van der Waals surface area contributed by atoms with Gasteiger partial charge in [-0.1, -0.05) is 44.2 Å². The van der Waals surface area contributed by atoms with E-state index in [1.54, 1.807) is 18.2 Å². The van der Waals surface area contributed by atoms with Gasteiger partial charge in [-0.3, -0.25) is 14.4 Å². The van der Waals surface area contributed by atoms with Gasteiger partial charge < -0.3 is 19.7 Å². The topological polar surface area (TPSA) is 84.9 Å². The van der Waals surface area contributed by atoms with Gasteiger partial charge in [-0.15, -0.1) is 0 Å². The van der Waals surface area contributed by atoms with E-state index < -0.39 is 12.0 Å². The molecule has 0 aliphatic carbocycles. The third-order valence-electron chi connectivity index (χ3n) is 5.42. The van der Waals surface area contributed by atoms with Gasteiger partial charge in [0.25, 0.3) is 5.91 Å². The van der Waals surface area contributed by atoms with Crippen LogP contribution in [0.3, 0.4) is 0 Å². The van der Waals surface area contributed by atoms with Gasteiger partial charge in [0.05, 0.1) is 24.1 Å². The number of nitrogens with one attached hydrogen (secondary N) is 1. The Bertz CT molecular complexity index is 996. The number of rotatable bonds is 10. The number of carbonyl (C=O) groups is 3. The second-order valence-electron chi connectivity index (χ2n) is 8.67. The largest absolute Gasteiger partial charge is 0.492 e. The lowest BCUT2D eigenvalue weighted by atomic mass is 10.1. The van der Waals surface area contributed by atoms with Crippen LogP contribution < -0.4 is 10.1 Å². The maximum absolute atomic E-state index is 13.2. The molecule has 34 heavy (non-hydrogen) atoms. The van der Waals surface area contributed by atoms with Gasteiger partial charge in [0.15, 0.2) is 0 Å². The highest BCUT2D eigenvalue weighted by atomic mass is 79.9. The molecule has 1 aliphatic heterocycles. The molecule has 2 aromatic rings. The lowest BCUT2D eigenvalue weighted by Gasteiger charge is -2.34. The van der Waals surface area contributed by atoms with Gasteiger partial charge in [0.2, 0.25) is 5.91 Å². The monoisotopic (exact) mass is 530 g/mol. The molecule has 1 unspecified atom stereocenters. The van der Waals surface area contributed by atoms with Crippen molar-refractivity contribution in [2.75, 3.05) is 26.3 Å². The fourth-order valence-corrected chi connectivity index (χ4v) is 4.15. The number of halogens is 1. The minimum Gasteiger partial charge on any atom is -0.492 e. The van der Waals surface area contributed by atoms with Crippen LogP contribution >= 0.6 is 15.9 Å². The normalized spacial score (nSPS) is 15.7. The number of nitrogens with zero attached hydrogens (tertiary/aromatic N) is 1. The van der Waals surface area contributed by atoms with E-state index in [2.05, 4.69) is 35.1 Å². The molecule has 3 rings (SSSR count). The number of carbonyl (C=O) groups excluding carboxylic acids is 3. The highest BCUT2D eigenvalue weighted by molar-refractivity contribution is 9.10. The molecule has 1 atom stereocenters. The minimum atomic E-state index is -0.904. The van der Waals surface area contributed by atoms with E-state index in [4.69, 9.17) is 9.47 Å². The van der Waals surface area contributed by atoms with Crippen LogP contribution in [0, 0.1) is 5.92 Å². The molecule has 182 valence electrons. The molecule has 8 heteroatoms. The van der Waals surface area contributed by atoms with E-state index in [1.807, 2.05) is 30.3 Å². The number of benzene rings is 2. The van der Waals surface area contributed by atoms with Gasteiger partial charge in [-0.05, 0) is 58.5 Å². The van der Waals surface area contributed by atoms with E-state index in [-0.39, 0.29) is 24.8 Å². The highest BCUT2D eigenvalue weighted by Gasteiger charge is 2.35. The van der Waals surface area contributed by atoms with Crippen molar-refractivity contribution < 1.29 is 23.9 Å². The average Bonchev–Trinajstić information content (AvgIpc) is 2.82. The van der Waals surface area contributed by atoms with Crippen molar-refractivity contribution in [3.8, 4) is 5.75 Å². The highest BCUT2D eigenvalue weighted by Crippen LogP contribution is 2.27. The smallest absolute Gasteiger partial charge is 0.308 e. The van der Waals surface area contributed by atoms with Crippen molar-refractivity contribution in [2.24, 2.45) is 5.92 Å². The second kappa shape index (κ2) is 12.6. The number of amides is 2. The zero-order valence-electron chi connectivity index (χ0n) is 19.6. The summed E-state index contributed by atoms with van der Waals surface area (Å²) >= 11 is 3.46. The summed E-state index contributed by atoms with van der Waals surface area (Å²) in [5, 5.41) is 2.74. The summed E-state index contributed by atoms with van der Waals surface area (Å²) in [4.78, 5) is 39.6. The fourth-order valence-electron chi connectivity index (χ4n) is 3.66. The van der Waals surface area contributed by atoms with Crippen molar-refractivity contribution in [1.82, 2.24) is 10.2 Å². The Labute approximate surface area is 208 Å². The number of hydrogen-bond donors (Lipinski definition) is 1. The van der Waals surface area contributed by atoms with E-state index in [9.17, 15) is 14.4 Å². The SMILES string of the molecule is CC(C)COc1ccc(C(=O)N2CCNC(=O)C2CC(=O)OCCCc2ccccc2)cc1Br. The predicted molar refractivity (Wildman–Crippen MR) is 133 cm³/mol. The number of aryl methyl sites for hydroxylation is 1. The van der Waals surface area contributed by atoms with E-state index >= 15 is 0 Å². The molecule has 0 aromatic heterocycles. The number of ether oxygens (including phenoxy) is 2. The van der Waals surface area contributed by atoms with Crippen LogP contribution in [0.25, 0.3) is 0 Å². The Kier molecular flexibility index (Phi) is 9.51. The summed E-state index contributed by atoms with van der Waals surface area (Å²) < 4.78 is 11.8. The van der Waals surface area contributed by atoms with Crippen LogP contribution in [0.4, 0.5) is 0 Å². The van der Waals surface area contributed by atoms with Gasteiger partial charge >= 0.3 is 5.97 Å².